The van der Waals surface area contributed by atoms with Crippen molar-refractivity contribution in [1.29, 1.82) is 0 Å². The van der Waals surface area contributed by atoms with Gasteiger partial charge in [-0.15, -0.1) is 0 Å². The van der Waals surface area contributed by atoms with Crippen LogP contribution in [-0.4, -0.2) is 28.8 Å². The molecular weight excluding hydrogens is 248 g/mol. The van der Waals surface area contributed by atoms with Gasteiger partial charge in [0.1, 0.15) is 5.75 Å². The van der Waals surface area contributed by atoms with E-state index in [-0.39, 0.29) is 12.8 Å². The Bertz CT molecular complexity index is 495. The van der Waals surface area contributed by atoms with E-state index in [0.29, 0.717) is 12.2 Å². The van der Waals surface area contributed by atoms with Crippen LogP contribution in [0.15, 0.2) is 18.2 Å². The van der Waals surface area contributed by atoms with Crippen LogP contribution < -0.4 is 4.74 Å². The zero-order valence-electron chi connectivity index (χ0n) is 10.5. The van der Waals surface area contributed by atoms with E-state index < -0.39 is 17.9 Å². The van der Waals surface area contributed by atoms with Gasteiger partial charge < -0.3 is 14.9 Å². The van der Waals surface area contributed by atoms with Gasteiger partial charge >= 0.3 is 11.9 Å². The fourth-order valence-electron chi connectivity index (χ4n) is 2.30. The normalized spacial score (nSPS) is 15.2. The van der Waals surface area contributed by atoms with Crippen LogP contribution >= 0.6 is 0 Å². The number of carboxylic acids is 2. The van der Waals surface area contributed by atoms with E-state index >= 15 is 0 Å². The number of hydrogen-bond donors (Lipinski definition) is 2. The van der Waals surface area contributed by atoms with Crippen molar-refractivity contribution in [2.75, 3.05) is 6.61 Å². The van der Waals surface area contributed by atoms with Crippen molar-refractivity contribution in [3.05, 3.63) is 29.3 Å². The van der Waals surface area contributed by atoms with Gasteiger partial charge in [0, 0.05) is 6.42 Å². The van der Waals surface area contributed by atoms with Crippen LogP contribution in [0.5, 0.6) is 5.75 Å². The summed E-state index contributed by atoms with van der Waals surface area (Å²) >= 11 is 0. The van der Waals surface area contributed by atoms with Gasteiger partial charge in [0.25, 0.3) is 0 Å². The molecular formula is C14H16O5. The zero-order chi connectivity index (χ0) is 13.8. The van der Waals surface area contributed by atoms with E-state index in [0.717, 1.165) is 24.2 Å². The van der Waals surface area contributed by atoms with Crippen LogP contribution in [0.4, 0.5) is 0 Å². The molecule has 1 heterocycles. The maximum Gasteiger partial charge on any atom is 0.310 e. The summed E-state index contributed by atoms with van der Waals surface area (Å²) in [5.74, 6) is -1.94. The predicted octanol–water partition coefficient (Wildman–Crippen LogP) is 2.04. The Labute approximate surface area is 110 Å². The first-order chi connectivity index (χ1) is 9.08. The number of ether oxygens (including phenoxy) is 1. The van der Waals surface area contributed by atoms with Crippen LogP contribution in [0, 0.1) is 0 Å². The van der Waals surface area contributed by atoms with Gasteiger partial charge in [-0.05, 0) is 36.5 Å². The van der Waals surface area contributed by atoms with Crippen LogP contribution in [0.3, 0.4) is 0 Å². The summed E-state index contributed by atoms with van der Waals surface area (Å²) in [6.07, 6.45) is 1.74. The number of hydrogen-bond acceptors (Lipinski definition) is 3. The Morgan fingerprint density at radius 2 is 2.11 bits per heavy atom. The largest absolute Gasteiger partial charge is 0.493 e. The first-order valence-corrected chi connectivity index (χ1v) is 6.28. The van der Waals surface area contributed by atoms with Crippen molar-refractivity contribution in [3.8, 4) is 5.75 Å². The van der Waals surface area contributed by atoms with E-state index in [2.05, 4.69) is 0 Å². The molecule has 0 fully saturated rings. The molecule has 5 heteroatoms. The molecule has 2 N–H and O–H groups in total. The van der Waals surface area contributed by atoms with Crippen molar-refractivity contribution in [2.45, 2.75) is 31.6 Å². The maximum atomic E-state index is 11.3. The Kier molecular flexibility index (Phi) is 4.04. The van der Waals surface area contributed by atoms with E-state index in [1.807, 2.05) is 6.07 Å². The lowest BCUT2D eigenvalue weighted by Crippen LogP contribution is -2.15. The molecule has 1 aliphatic rings. The van der Waals surface area contributed by atoms with Crippen molar-refractivity contribution < 1.29 is 24.5 Å². The Morgan fingerprint density at radius 1 is 1.32 bits per heavy atom. The summed E-state index contributed by atoms with van der Waals surface area (Å²) in [5.41, 5.74) is 1.66. The molecule has 0 spiro atoms. The summed E-state index contributed by atoms with van der Waals surface area (Å²) < 4.78 is 5.48. The minimum absolute atomic E-state index is 0.101. The van der Waals surface area contributed by atoms with Gasteiger partial charge in [0.2, 0.25) is 0 Å². The topological polar surface area (TPSA) is 83.8 Å². The van der Waals surface area contributed by atoms with Crippen molar-refractivity contribution in [3.63, 3.8) is 0 Å². The lowest BCUT2D eigenvalue weighted by molar-refractivity contribution is -0.140. The number of benzene rings is 1. The molecule has 19 heavy (non-hydrogen) atoms. The molecule has 0 radical (unpaired) electrons. The molecule has 0 aliphatic carbocycles. The van der Waals surface area contributed by atoms with Crippen molar-refractivity contribution >= 4 is 11.9 Å². The number of rotatable bonds is 5. The summed E-state index contributed by atoms with van der Waals surface area (Å²) in [7, 11) is 0. The summed E-state index contributed by atoms with van der Waals surface area (Å²) in [5, 5.41) is 17.9. The highest BCUT2D eigenvalue weighted by molar-refractivity contribution is 5.77. The molecule has 1 aliphatic heterocycles. The maximum absolute atomic E-state index is 11.3. The second-order valence-corrected chi connectivity index (χ2v) is 4.64. The number of aryl methyl sites for hydroxylation is 1. The molecule has 0 amide bonds. The van der Waals surface area contributed by atoms with Crippen molar-refractivity contribution in [1.82, 2.24) is 0 Å². The Hall–Kier alpha value is -2.04. The summed E-state index contributed by atoms with van der Waals surface area (Å²) in [6, 6.07) is 5.32. The average Bonchev–Trinajstić information content (AvgIpc) is 2.38. The van der Waals surface area contributed by atoms with E-state index in [1.54, 1.807) is 12.1 Å². The monoisotopic (exact) mass is 264 g/mol. The van der Waals surface area contributed by atoms with Gasteiger partial charge in [0.15, 0.2) is 0 Å². The van der Waals surface area contributed by atoms with Crippen LogP contribution in [0.2, 0.25) is 0 Å². The lowest BCUT2D eigenvalue weighted by atomic mass is 9.91. The van der Waals surface area contributed by atoms with E-state index in [9.17, 15) is 14.7 Å². The first kappa shape index (κ1) is 13.4. The summed E-state index contributed by atoms with van der Waals surface area (Å²) in [6.45, 7) is 0.688. The van der Waals surface area contributed by atoms with E-state index in [1.165, 1.54) is 0 Å². The second-order valence-electron chi connectivity index (χ2n) is 4.64. The van der Waals surface area contributed by atoms with Crippen molar-refractivity contribution in [2.24, 2.45) is 0 Å². The van der Waals surface area contributed by atoms with Gasteiger partial charge in [0.05, 0.1) is 12.5 Å². The Morgan fingerprint density at radius 3 is 2.79 bits per heavy atom. The third-order valence-corrected chi connectivity index (χ3v) is 3.28. The SMILES string of the molecule is O=C(O)CCC(C(=O)O)c1ccc2c(c1)CCCO2. The fourth-order valence-corrected chi connectivity index (χ4v) is 2.30. The Balaban J connectivity index is 2.21. The third-order valence-electron chi connectivity index (χ3n) is 3.28. The summed E-state index contributed by atoms with van der Waals surface area (Å²) in [4.78, 5) is 21.8. The smallest absolute Gasteiger partial charge is 0.310 e. The molecule has 1 aromatic carbocycles. The molecule has 2 rings (SSSR count). The number of fused-ring (bicyclic) bond motifs is 1. The molecule has 0 aromatic heterocycles. The number of aliphatic carboxylic acids is 2. The van der Waals surface area contributed by atoms with Crippen LogP contribution in [0.25, 0.3) is 0 Å². The molecule has 1 unspecified atom stereocenters. The minimum atomic E-state index is -0.988. The highest BCUT2D eigenvalue weighted by atomic mass is 16.5. The molecule has 0 saturated heterocycles. The third kappa shape index (κ3) is 3.24. The highest BCUT2D eigenvalue weighted by Crippen LogP contribution is 2.30. The van der Waals surface area contributed by atoms with Crippen LogP contribution in [0.1, 0.15) is 36.3 Å². The highest BCUT2D eigenvalue weighted by Gasteiger charge is 2.22. The fraction of sp³-hybridized carbons (Fsp3) is 0.429. The molecule has 0 bridgehead atoms. The standard InChI is InChI=1S/C14H16O5/c15-13(16)6-4-11(14(17)18)9-3-5-12-10(8-9)2-1-7-19-12/h3,5,8,11H,1-2,4,6-7H2,(H,15,16)(H,17,18). The van der Waals surface area contributed by atoms with Gasteiger partial charge in [-0.2, -0.15) is 0 Å². The lowest BCUT2D eigenvalue weighted by Gasteiger charge is -2.19. The van der Waals surface area contributed by atoms with E-state index in [4.69, 9.17) is 9.84 Å². The number of carbonyl (C=O) groups is 2. The van der Waals surface area contributed by atoms with Gasteiger partial charge in [-0.1, -0.05) is 12.1 Å². The zero-order valence-corrected chi connectivity index (χ0v) is 10.5. The molecule has 102 valence electrons. The molecule has 0 saturated carbocycles. The number of carboxylic acid groups (broad SMARTS) is 2. The van der Waals surface area contributed by atoms with Crippen LogP contribution in [-0.2, 0) is 16.0 Å². The average molecular weight is 264 g/mol. The predicted molar refractivity (Wildman–Crippen MR) is 67.5 cm³/mol. The quantitative estimate of drug-likeness (QED) is 0.850. The minimum Gasteiger partial charge on any atom is -0.493 e. The molecule has 1 atom stereocenters. The molecule has 1 aromatic rings. The second kappa shape index (κ2) is 5.73. The van der Waals surface area contributed by atoms with Gasteiger partial charge in [-0.25, -0.2) is 0 Å². The molecule has 5 nitrogen and oxygen atoms in total. The first-order valence-electron chi connectivity index (χ1n) is 6.28. The van der Waals surface area contributed by atoms with Gasteiger partial charge in [-0.3, -0.25) is 9.59 Å².